The number of aromatic nitrogens is 1. The van der Waals surface area contributed by atoms with Crippen LogP contribution in [0.1, 0.15) is 27.4 Å². The van der Waals surface area contributed by atoms with Crippen molar-refractivity contribution in [1.82, 2.24) is 5.16 Å². The normalized spacial score (nSPS) is 9.75. The van der Waals surface area contributed by atoms with E-state index in [0.29, 0.717) is 16.9 Å². The minimum atomic E-state index is -0.387. The molecule has 1 aromatic carbocycles. The Morgan fingerprint density at radius 1 is 1.40 bits per heavy atom. The Bertz CT molecular complexity index is 693. The summed E-state index contributed by atoms with van der Waals surface area (Å²) in [6.07, 6.45) is 0. The predicted octanol–water partition coefficient (Wildman–Crippen LogP) is 1.89. The summed E-state index contributed by atoms with van der Waals surface area (Å²) in [4.78, 5) is 12.0. The third-order valence-corrected chi connectivity index (χ3v) is 2.58. The molecule has 0 unspecified atom stereocenters. The van der Waals surface area contributed by atoms with E-state index in [1.165, 1.54) is 0 Å². The van der Waals surface area contributed by atoms with E-state index in [4.69, 9.17) is 9.63 Å². The van der Waals surface area contributed by atoms with Gasteiger partial charge in [-0.3, -0.25) is 4.79 Å². The molecule has 0 bridgehead atoms. The minimum absolute atomic E-state index is 0.143. The number of amides is 1. The van der Waals surface area contributed by atoms with Crippen molar-refractivity contribution in [2.45, 2.75) is 13.8 Å². The first-order chi connectivity index (χ1) is 9.60. The van der Waals surface area contributed by atoms with Crippen molar-refractivity contribution in [1.29, 1.82) is 0 Å². The molecule has 0 aliphatic heterocycles. The van der Waals surface area contributed by atoms with Crippen LogP contribution < -0.4 is 5.32 Å². The van der Waals surface area contributed by atoms with Crippen LogP contribution in [0.3, 0.4) is 0 Å². The Labute approximate surface area is 116 Å². The Balaban J connectivity index is 2.26. The lowest BCUT2D eigenvalue weighted by Crippen LogP contribution is -2.12. The quantitative estimate of drug-likeness (QED) is 0.817. The second-order valence-corrected chi connectivity index (χ2v) is 4.30. The van der Waals surface area contributed by atoms with Crippen LogP contribution in [0.2, 0.25) is 0 Å². The van der Waals surface area contributed by atoms with Crippen molar-refractivity contribution in [2.24, 2.45) is 0 Å². The average Bonchev–Trinajstić information content (AvgIpc) is 2.85. The molecule has 2 rings (SSSR count). The highest BCUT2D eigenvalue weighted by atomic mass is 16.5. The second-order valence-electron chi connectivity index (χ2n) is 4.30. The van der Waals surface area contributed by atoms with E-state index in [0.717, 1.165) is 5.56 Å². The molecule has 0 spiro atoms. The van der Waals surface area contributed by atoms with Crippen LogP contribution in [0.5, 0.6) is 0 Å². The van der Waals surface area contributed by atoms with Gasteiger partial charge in [0.05, 0.1) is 11.4 Å². The van der Waals surface area contributed by atoms with E-state index in [1.807, 2.05) is 19.1 Å². The Morgan fingerprint density at radius 2 is 2.20 bits per heavy atom. The molecule has 102 valence electrons. The highest BCUT2D eigenvalue weighted by molar-refractivity contribution is 6.03. The van der Waals surface area contributed by atoms with E-state index in [9.17, 15) is 4.79 Å². The topological polar surface area (TPSA) is 75.4 Å². The van der Waals surface area contributed by atoms with Gasteiger partial charge in [0, 0.05) is 11.6 Å². The first-order valence-corrected chi connectivity index (χ1v) is 6.05. The lowest BCUT2D eigenvalue weighted by atomic mass is 10.1. The van der Waals surface area contributed by atoms with E-state index in [1.54, 1.807) is 19.1 Å². The number of anilines is 1. The number of carbonyl (C=O) groups excluding carboxylic acids is 1. The SMILES string of the molecule is Cc1ccc(NC(=O)c2cc(C)no2)c(C#CCO)c1. The number of nitrogens with zero attached hydrogens (tertiary/aromatic N) is 1. The average molecular weight is 270 g/mol. The number of aryl methyl sites for hydroxylation is 2. The van der Waals surface area contributed by atoms with Crippen LogP contribution >= 0.6 is 0 Å². The van der Waals surface area contributed by atoms with Crippen LogP contribution in [0.25, 0.3) is 0 Å². The smallest absolute Gasteiger partial charge is 0.294 e. The maximum Gasteiger partial charge on any atom is 0.294 e. The molecule has 0 aliphatic rings. The summed E-state index contributed by atoms with van der Waals surface area (Å²) >= 11 is 0. The van der Waals surface area contributed by atoms with Gasteiger partial charge in [-0.2, -0.15) is 0 Å². The molecule has 2 aromatic rings. The van der Waals surface area contributed by atoms with Crippen LogP contribution in [-0.4, -0.2) is 22.8 Å². The Morgan fingerprint density at radius 3 is 2.85 bits per heavy atom. The maximum absolute atomic E-state index is 12.0. The van der Waals surface area contributed by atoms with Crippen molar-refractivity contribution in [3.63, 3.8) is 0 Å². The molecule has 2 N–H and O–H groups in total. The first kappa shape index (κ1) is 13.8. The van der Waals surface area contributed by atoms with Gasteiger partial charge in [-0.05, 0) is 31.5 Å². The molecule has 20 heavy (non-hydrogen) atoms. The van der Waals surface area contributed by atoms with Gasteiger partial charge < -0.3 is 14.9 Å². The summed E-state index contributed by atoms with van der Waals surface area (Å²) in [5.41, 5.74) is 2.86. The lowest BCUT2D eigenvalue weighted by molar-refractivity contribution is 0.0988. The van der Waals surface area contributed by atoms with Crippen LogP contribution in [0.15, 0.2) is 28.8 Å². The zero-order valence-electron chi connectivity index (χ0n) is 11.2. The van der Waals surface area contributed by atoms with Crippen molar-refractivity contribution >= 4 is 11.6 Å². The fraction of sp³-hybridized carbons (Fsp3) is 0.200. The van der Waals surface area contributed by atoms with E-state index in [2.05, 4.69) is 22.3 Å². The molecule has 1 aromatic heterocycles. The van der Waals surface area contributed by atoms with Crippen molar-refractivity contribution in [3.05, 3.63) is 46.8 Å². The number of aliphatic hydroxyl groups excluding tert-OH is 1. The van der Waals surface area contributed by atoms with Gasteiger partial charge in [-0.15, -0.1) is 0 Å². The molecule has 5 heteroatoms. The van der Waals surface area contributed by atoms with E-state index in [-0.39, 0.29) is 18.3 Å². The summed E-state index contributed by atoms with van der Waals surface area (Å²) in [5, 5.41) is 15.2. The van der Waals surface area contributed by atoms with Crippen LogP contribution in [0, 0.1) is 25.7 Å². The lowest BCUT2D eigenvalue weighted by Gasteiger charge is -2.06. The zero-order chi connectivity index (χ0) is 14.5. The number of nitrogens with one attached hydrogen (secondary N) is 1. The monoisotopic (exact) mass is 270 g/mol. The third kappa shape index (κ3) is 3.25. The van der Waals surface area contributed by atoms with Crippen LogP contribution in [-0.2, 0) is 0 Å². The minimum Gasteiger partial charge on any atom is -0.384 e. The third-order valence-electron chi connectivity index (χ3n) is 2.58. The number of carbonyl (C=O) groups is 1. The van der Waals surface area contributed by atoms with Crippen LogP contribution in [0.4, 0.5) is 5.69 Å². The van der Waals surface area contributed by atoms with Crippen molar-refractivity contribution in [2.75, 3.05) is 11.9 Å². The van der Waals surface area contributed by atoms with Gasteiger partial charge in [0.25, 0.3) is 5.91 Å². The Hall–Kier alpha value is -2.58. The second kappa shape index (κ2) is 6.04. The van der Waals surface area contributed by atoms with Gasteiger partial charge in [0.1, 0.15) is 6.61 Å². The zero-order valence-corrected chi connectivity index (χ0v) is 11.2. The van der Waals surface area contributed by atoms with Gasteiger partial charge in [-0.1, -0.05) is 23.1 Å². The molecular formula is C15H14N2O3. The Kier molecular flexibility index (Phi) is 4.18. The molecule has 0 atom stereocenters. The maximum atomic E-state index is 12.0. The molecule has 0 aliphatic carbocycles. The molecule has 0 radical (unpaired) electrons. The summed E-state index contributed by atoms with van der Waals surface area (Å²) < 4.78 is 4.90. The number of benzene rings is 1. The summed E-state index contributed by atoms with van der Waals surface area (Å²) in [6, 6.07) is 7.02. The highest BCUT2D eigenvalue weighted by Crippen LogP contribution is 2.17. The molecule has 1 heterocycles. The van der Waals surface area contributed by atoms with E-state index >= 15 is 0 Å². The summed E-state index contributed by atoms with van der Waals surface area (Å²) in [6.45, 7) is 3.43. The molecule has 1 amide bonds. The highest BCUT2D eigenvalue weighted by Gasteiger charge is 2.13. The van der Waals surface area contributed by atoms with Crippen molar-refractivity contribution < 1.29 is 14.4 Å². The molecule has 0 saturated carbocycles. The molecular weight excluding hydrogens is 256 g/mol. The molecule has 5 nitrogen and oxygen atoms in total. The number of hydrogen-bond acceptors (Lipinski definition) is 4. The summed E-state index contributed by atoms with van der Waals surface area (Å²) in [5.74, 6) is 5.13. The standard InChI is InChI=1S/C15H14N2O3/c1-10-5-6-13(12(8-10)4-3-7-18)16-15(19)14-9-11(2)17-20-14/h5-6,8-9,18H,7H2,1-2H3,(H,16,19). The first-order valence-electron chi connectivity index (χ1n) is 6.05. The number of hydrogen-bond donors (Lipinski definition) is 2. The summed E-state index contributed by atoms with van der Waals surface area (Å²) in [7, 11) is 0. The van der Waals surface area contributed by atoms with Gasteiger partial charge in [0.15, 0.2) is 0 Å². The fourth-order valence-electron chi connectivity index (χ4n) is 1.66. The van der Waals surface area contributed by atoms with E-state index < -0.39 is 0 Å². The van der Waals surface area contributed by atoms with Gasteiger partial charge in [0.2, 0.25) is 5.76 Å². The fourth-order valence-corrected chi connectivity index (χ4v) is 1.66. The largest absolute Gasteiger partial charge is 0.384 e. The van der Waals surface area contributed by atoms with Gasteiger partial charge >= 0.3 is 0 Å². The van der Waals surface area contributed by atoms with Gasteiger partial charge in [-0.25, -0.2) is 0 Å². The molecule has 0 fully saturated rings. The number of aliphatic hydroxyl groups is 1. The number of rotatable bonds is 2. The predicted molar refractivity (Wildman–Crippen MR) is 74.3 cm³/mol. The van der Waals surface area contributed by atoms with Crippen molar-refractivity contribution in [3.8, 4) is 11.8 Å². The molecule has 0 saturated heterocycles.